The van der Waals surface area contributed by atoms with Gasteiger partial charge in [0.15, 0.2) is 5.78 Å². The molecule has 2 aromatic carbocycles. The largest absolute Gasteiger partial charge is 0.294 e. The van der Waals surface area contributed by atoms with E-state index in [0.29, 0.717) is 11.7 Å². The molecule has 25 heavy (non-hydrogen) atoms. The lowest BCUT2D eigenvalue weighted by Crippen LogP contribution is -2.28. The van der Waals surface area contributed by atoms with Crippen LogP contribution in [0.5, 0.6) is 0 Å². The summed E-state index contributed by atoms with van der Waals surface area (Å²) in [6.45, 7) is 0. The number of hydrogen-bond donors (Lipinski definition) is 0. The van der Waals surface area contributed by atoms with Crippen LogP contribution in [0.4, 0.5) is 0 Å². The Morgan fingerprint density at radius 2 is 1.44 bits per heavy atom. The van der Waals surface area contributed by atoms with E-state index >= 15 is 0 Å². The molecule has 2 aliphatic rings. The molecule has 0 aliphatic heterocycles. The summed E-state index contributed by atoms with van der Waals surface area (Å²) in [7, 11) is 0. The topological polar surface area (TPSA) is 17.1 Å². The Labute approximate surface area is 151 Å². The molecule has 0 bridgehead atoms. The van der Waals surface area contributed by atoms with Crippen LogP contribution in [0.3, 0.4) is 0 Å². The lowest BCUT2D eigenvalue weighted by Gasteiger charge is -2.39. The molecule has 1 heteroatoms. The predicted octanol–water partition coefficient (Wildman–Crippen LogP) is 6.53. The molecule has 2 fully saturated rings. The van der Waals surface area contributed by atoms with E-state index in [9.17, 15) is 4.79 Å². The van der Waals surface area contributed by atoms with Gasteiger partial charge in [-0.1, -0.05) is 80.3 Å². The van der Waals surface area contributed by atoms with E-state index in [1.54, 1.807) is 0 Å². The second kappa shape index (κ2) is 7.56. The highest BCUT2D eigenvalue weighted by Crippen LogP contribution is 2.43. The van der Waals surface area contributed by atoms with Crippen LogP contribution in [-0.2, 0) is 0 Å². The van der Waals surface area contributed by atoms with Crippen molar-refractivity contribution in [3.8, 4) is 11.1 Å². The Hall–Kier alpha value is -1.89. The average Bonchev–Trinajstić information content (AvgIpc) is 2.69. The number of rotatable bonds is 4. The second-order valence-corrected chi connectivity index (χ2v) is 8.05. The standard InChI is InChI=1S/C24H28O/c25-24(17-18-10-11-20-8-4-5-9-23(20)16-18)22-14-12-21(13-15-22)19-6-2-1-3-7-19/h1-3,6-7,12-15,18,20,23H,4-5,8-11,16-17H2/t18-,20+,23-/m0/s1. The Balaban J connectivity index is 1.38. The van der Waals surface area contributed by atoms with Crippen molar-refractivity contribution in [2.24, 2.45) is 17.8 Å². The van der Waals surface area contributed by atoms with E-state index in [4.69, 9.17) is 0 Å². The molecular weight excluding hydrogens is 304 g/mol. The molecule has 4 rings (SSSR count). The SMILES string of the molecule is O=C(C[C@H]1CC[C@H]2CCCC[C@H]2C1)c1ccc(-c2ccccc2)cc1. The number of carbonyl (C=O) groups is 1. The molecule has 0 N–H and O–H groups in total. The van der Waals surface area contributed by atoms with E-state index in [-0.39, 0.29) is 0 Å². The van der Waals surface area contributed by atoms with Crippen LogP contribution in [0, 0.1) is 17.8 Å². The van der Waals surface area contributed by atoms with Gasteiger partial charge in [0.25, 0.3) is 0 Å². The normalized spacial score (nSPS) is 26.0. The fourth-order valence-corrected chi connectivity index (χ4v) is 5.02. The summed E-state index contributed by atoms with van der Waals surface area (Å²) in [6.07, 6.45) is 10.3. The summed E-state index contributed by atoms with van der Waals surface area (Å²) in [5, 5.41) is 0. The molecule has 0 aromatic heterocycles. The van der Waals surface area contributed by atoms with Gasteiger partial charge < -0.3 is 0 Å². The monoisotopic (exact) mass is 332 g/mol. The summed E-state index contributed by atoms with van der Waals surface area (Å²) in [5.74, 6) is 2.81. The first-order chi connectivity index (χ1) is 12.3. The van der Waals surface area contributed by atoms with Gasteiger partial charge in [-0.3, -0.25) is 4.79 Å². The van der Waals surface area contributed by atoms with Gasteiger partial charge in [-0.15, -0.1) is 0 Å². The van der Waals surface area contributed by atoms with Gasteiger partial charge in [-0.2, -0.15) is 0 Å². The molecule has 0 spiro atoms. The van der Waals surface area contributed by atoms with E-state index in [0.717, 1.165) is 23.8 Å². The number of fused-ring (bicyclic) bond motifs is 1. The third kappa shape index (κ3) is 3.86. The zero-order valence-corrected chi connectivity index (χ0v) is 15.0. The minimum absolute atomic E-state index is 0.332. The zero-order valence-electron chi connectivity index (χ0n) is 15.0. The predicted molar refractivity (Wildman–Crippen MR) is 104 cm³/mol. The van der Waals surface area contributed by atoms with Crippen molar-refractivity contribution < 1.29 is 4.79 Å². The molecule has 0 amide bonds. The smallest absolute Gasteiger partial charge is 0.163 e. The van der Waals surface area contributed by atoms with Gasteiger partial charge in [0.2, 0.25) is 0 Å². The molecule has 1 nitrogen and oxygen atoms in total. The lowest BCUT2D eigenvalue weighted by molar-refractivity contribution is 0.0877. The summed E-state index contributed by atoms with van der Waals surface area (Å²) in [5.41, 5.74) is 3.27. The Kier molecular flexibility index (Phi) is 5.01. The quantitative estimate of drug-likeness (QED) is 0.581. The average molecular weight is 332 g/mol. The molecular formula is C24H28O. The number of benzene rings is 2. The van der Waals surface area contributed by atoms with Crippen molar-refractivity contribution in [1.29, 1.82) is 0 Å². The molecule has 2 aromatic rings. The molecule has 0 heterocycles. The highest BCUT2D eigenvalue weighted by Gasteiger charge is 2.32. The maximum absolute atomic E-state index is 12.7. The van der Waals surface area contributed by atoms with Crippen molar-refractivity contribution in [2.45, 2.75) is 51.4 Å². The third-order valence-electron chi connectivity index (χ3n) is 6.44. The third-order valence-corrected chi connectivity index (χ3v) is 6.44. The first-order valence-corrected chi connectivity index (χ1v) is 9.98. The summed E-state index contributed by atoms with van der Waals surface area (Å²) in [4.78, 5) is 12.7. The molecule has 3 atom stereocenters. The fraction of sp³-hybridized carbons (Fsp3) is 0.458. The highest BCUT2D eigenvalue weighted by atomic mass is 16.1. The fourth-order valence-electron chi connectivity index (χ4n) is 5.02. The second-order valence-electron chi connectivity index (χ2n) is 8.05. The minimum atomic E-state index is 0.332. The van der Waals surface area contributed by atoms with Crippen molar-refractivity contribution in [3.05, 3.63) is 60.2 Å². The van der Waals surface area contributed by atoms with Crippen LogP contribution in [0.1, 0.15) is 61.7 Å². The number of hydrogen-bond acceptors (Lipinski definition) is 1. The lowest BCUT2D eigenvalue weighted by atomic mass is 9.66. The maximum Gasteiger partial charge on any atom is 0.163 e. The van der Waals surface area contributed by atoms with Gasteiger partial charge in [-0.05, 0) is 48.1 Å². The van der Waals surface area contributed by atoms with E-state index in [1.165, 1.54) is 56.1 Å². The minimum Gasteiger partial charge on any atom is -0.294 e. The van der Waals surface area contributed by atoms with Crippen LogP contribution in [0.25, 0.3) is 11.1 Å². The van der Waals surface area contributed by atoms with Crippen LogP contribution in [-0.4, -0.2) is 5.78 Å². The van der Waals surface area contributed by atoms with Crippen molar-refractivity contribution in [1.82, 2.24) is 0 Å². The van der Waals surface area contributed by atoms with Crippen molar-refractivity contribution >= 4 is 5.78 Å². The summed E-state index contributed by atoms with van der Waals surface area (Å²) < 4.78 is 0. The first kappa shape index (κ1) is 16.6. The Morgan fingerprint density at radius 1 is 0.760 bits per heavy atom. The van der Waals surface area contributed by atoms with E-state index < -0.39 is 0 Å². The summed E-state index contributed by atoms with van der Waals surface area (Å²) in [6, 6.07) is 18.5. The zero-order chi connectivity index (χ0) is 17.1. The number of ketones is 1. The summed E-state index contributed by atoms with van der Waals surface area (Å²) >= 11 is 0. The Morgan fingerprint density at radius 3 is 2.20 bits per heavy atom. The highest BCUT2D eigenvalue weighted by molar-refractivity contribution is 5.96. The van der Waals surface area contributed by atoms with Crippen LogP contribution < -0.4 is 0 Å². The van der Waals surface area contributed by atoms with Crippen LogP contribution in [0.15, 0.2) is 54.6 Å². The van der Waals surface area contributed by atoms with Crippen molar-refractivity contribution in [2.75, 3.05) is 0 Å². The molecule has 130 valence electrons. The molecule has 2 aliphatic carbocycles. The van der Waals surface area contributed by atoms with Crippen LogP contribution >= 0.6 is 0 Å². The molecule has 0 radical (unpaired) electrons. The van der Waals surface area contributed by atoms with Gasteiger partial charge in [0, 0.05) is 12.0 Å². The van der Waals surface area contributed by atoms with Gasteiger partial charge in [-0.25, -0.2) is 0 Å². The molecule has 2 saturated carbocycles. The Bertz CT molecular complexity index is 701. The molecule has 0 saturated heterocycles. The number of Topliss-reactive ketones (excluding diaryl/α,β-unsaturated/α-hetero) is 1. The van der Waals surface area contributed by atoms with Gasteiger partial charge in [0.1, 0.15) is 0 Å². The first-order valence-electron chi connectivity index (χ1n) is 9.98. The van der Waals surface area contributed by atoms with Crippen LogP contribution in [0.2, 0.25) is 0 Å². The van der Waals surface area contributed by atoms with Crippen molar-refractivity contribution in [3.63, 3.8) is 0 Å². The van der Waals surface area contributed by atoms with E-state index in [2.05, 4.69) is 36.4 Å². The van der Waals surface area contributed by atoms with E-state index in [1.807, 2.05) is 18.2 Å². The van der Waals surface area contributed by atoms with Gasteiger partial charge >= 0.3 is 0 Å². The number of carbonyl (C=O) groups excluding carboxylic acids is 1. The van der Waals surface area contributed by atoms with Gasteiger partial charge in [0.05, 0.1) is 0 Å². The maximum atomic E-state index is 12.7. The molecule has 0 unspecified atom stereocenters.